The Morgan fingerprint density at radius 2 is 1.82 bits per heavy atom. The van der Waals surface area contributed by atoms with Crippen molar-refractivity contribution in [2.45, 2.75) is 32.0 Å². The van der Waals surface area contributed by atoms with Crippen molar-refractivity contribution in [3.05, 3.63) is 28.2 Å². The second-order valence-electron chi connectivity index (χ2n) is 4.39. The Hall–Kier alpha value is -1.57. The first-order valence-electron chi connectivity index (χ1n) is 6.38. The minimum atomic E-state index is -4.87. The van der Waals surface area contributed by atoms with Crippen LogP contribution in [0.1, 0.15) is 36.0 Å². The molecule has 0 aliphatic heterocycles. The predicted molar refractivity (Wildman–Crippen MR) is 75.6 cm³/mol. The monoisotopic (exact) mass is 382 g/mol. The number of esters is 1. The molecule has 0 aliphatic carbocycles. The number of unbranched alkanes of at least 4 members (excludes halogenated alkanes) is 1. The number of methoxy groups -OCH3 is 1. The molecule has 0 bridgehead atoms. The van der Waals surface area contributed by atoms with Gasteiger partial charge in [-0.25, -0.2) is 0 Å². The lowest BCUT2D eigenvalue weighted by Crippen LogP contribution is -2.19. The van der Waals surface area contributed by atoms with Gasteiger partial charge in [-0.3, -0.25) is 9.59 Å². The largest absolute Gasteiger partial charge is 0.573 e. The third kappa shape index (κ3) is 6.46. The first kappa shape index (κ1) is 18.5. The molecule has 0 saturated carbocycles. The maximum atomic E-state index is 12.4. The SMILES string of the molecule is COC(=O)CCCCC(=O)c1ccc(Br)cc1OC(F)(F)F. The topological polar surface area (TPSA) is 52.6 Å². The summed E-state index contributed by atoms with van der Waals surface area (Å²) < 4.78 is 45.7. The molecule has 22 heavy (non-hydrogen) atoms. The van der Waals surface area contributed by atoms with Gasteiger partial charge in [0.15, 0.2) is 5.78 Å². The van der Waals surface area contributed by atoms with Gasteiger partial charge in [-0.1, -0.05) is 15.9 Å². The standard InChI is InChI=1S/C14H14BrF3O4/c1-21-13(20)5-3-2-4-11(19)10-7-6-9(15)8-12(10)22-14(16,17)18/h6-8H,2-5H2,1H3. The van der Waals surface area contributed by atoms with E-state index in [2.05, 4.69) is 25.4 Å². The van der Waals surface area contributed by atoms with Crippen LogP contribution in [0, 0.1) is 0 Å². The Labute approximate surface area is 133 Å². The molecule has 0 saturated heterocycles. The number of halogens is 4. The highest BCUT2D eigenvalue weighted by atomic mass is 79.9. The van der Waals surface area contributed by atoms with Gasteiger partial charge in [0.1, 0.15) is 5.75 Å². The summed E-state index contributed by atoms with van der Waals surface area (Å²) in [6.45, 7) is 0. The van der Waals surface area contributed by atoms with Gasteiger partial charge in [0.05, 0.1) is 12.7 Å². The number of ketones is 1. The molecule has 0 aromatic heterocycles. The summed E-state index contributed by atoms with van der Waals surface area (Å²) in [6.07, 6.45) is -3.90. The molecular weight excluding hydrogens is 369 g/mol. The lowest BCUT2D eigenvalue weighted by molar-refractivity contribution is -0.274. The zero-order chi connectivity index (χ0) is 16.8. The number of rotatable bonds is 7. The molecule has 0 spiro atoms. The van der Waals surface area contributed by atoms with E-state index in [-0.39, 0.29) is 18.4 Å². The lowest BCUT2D eigenvalue weighted by atomic mass is 10.0. The van der Waals surface area contributed by atoms with Crippen LogP contribution in [0.2, 0.25) is 0 Å². The Kier molecular flexibility index (Phi) is 6.86. The van der Waals surface area contributed by atoms with E-state index in [1.807, 2.05) is 0 Å². The van der Waals surface area contributed by atoms with Crippen LogP contribution in [0.3, 0.4) is 0 Å². The van der Waals surface area contributed by atoms with Crippen LogP contribution in [0.15, 0.2) is 22.7 Å². The van der Waals surface area contributed by atoms with Gasteiger partial charge in [-0.15, -0.1) is 13.2 Å². The number of hydrogen-bond acceptors (Lipinski definition) is 4. The number of carbonyl (C=O) groups excluding carboxylic acids is 2. The van der Waals surface area contributed by atoms with Crippen LogP contribution >= 0.6 is 15.9 Å². The molecule has 0 heterocycles. The molecule has 0 radical (unpaired) electrons. The molecule has 4 nitrogen and oxygen atoms in total. The fourth-order valence-electron chi connectivity index (χ4n) is 1.73. The molecule has 1 rings (SSSR count). The molecule has 8 heteroatoms. The molecule has 0 amide bonds. The van der Waals surface area contributed by atoms with Crippen LogP contribution in [-0.4, -0.2) is 25.2 Å². The van der Waals surface area contributed by atoms with Gasteiger partial charge in [-0.05, 0) is 31.0 Å². The highest BCUT2D eigenvalue weighted by molar-refractivity contribution is 9.10. The fourth-order valence-corrected chi connectivity index (χ4v) is 2.07. The first-order valence-corrected chi connectivity index (χ1v) is 7.17. The van der Waals surface area contributed by atoms with E-state index >= 15 is 0 Å². The molecule has 0 aliphatic rings. The molecule has 0 N–H and O–H groups in total. The van der Waals surface area contributed by atoms with E-state index in [1.165, 1.54) is 19.2 Å². The van der Waals surface area contributed by atoms with Crippen molar-refractivity contribution in [2.75, 3.05) is 7.11 Å². The number of benzene rings is 1. The van der Waals surface area contributed by atoms with Crippen molar-refractivity contribution in [1.29, 1.82) is 0 Å². The maximum Gasteiger partial charge on any atom is 0.573 e. The smallest absolute Gasteiger partial charge is 0.469 e. The van der Waals surface area contributed by atoms with Gasteiger partial charge < -0.3 is 9.47 Å². The zero-order valence-electron chi connectivity index (χ0n) is 11.7. The molecule has 0 fully saturated rings. The predicted octanol–water partition coefficient (Wildman–Crippen LogP) is 4.26. The van der Waals surface area contributed by atoms with E-state index in [4.69, 9.17) is 0 Å². The average molecular weight is 383 g/mol. The quantitative estimate of drug-likeness (QED) is 0.401. The highest BCUT2D eigenvalue weighted by Gasteiger charge is 2.33. The van der Waals surface area contributed by atoms with Gasteiger partial charge in [0, 0.05) is 17.3 Å². The van der Waals surface area contributed by atoms with Crippen LogP contribution < -0.4 is 4.74 Å². The van der Waals surface area contributed by atoms with Crippen LogP contribution in [0.4, 0.5) is 13.2 Å². The minimum Gasteiger partial charge on any atom is -0.469 e. The second kappa shape index (κ2) is 8.17. The zero-order valence-corrected chi connectivity index (χ0v) is 13.3. The van der Waals surface area contributed by atoms with E-state index in [0.717, 1.165) is 6.07 Å². The van der Waals surface area contributed by atoms with E-state index in [9.17, 15) is 22.8 Å². The molecule has 0 atom stereocenters. The molecule has 122 valence electrons. The summed E-state index contributed by atoms with van der Waals surface area (Å²) in [5.41, 5.74) is -0.140. The number of carbonyl (C=O) groups is 2. The van der Waals surface area contributed by atoms with E-state index < -0.39 is 23.9 Å². The van der Waals surface area contributed by atoms with Gasteiger partial charge >= 0.3 is 12.3 Å². The highest BCUT2D eigenvalue weighted by Crippen LogP contribution is 2.30. The van der Waals surface area contributed by atoms with Crippen molar-refractivity contribution in [2.24, 2.45) is 0 Å². The minimum absolute atomic E-state index is 0.0207. The summed E-state index contributed by atoms with van der Waals surface area (Å²) in [5.74, 6) is -1.41. The van der Waals surface area contributed by atoms with Crippen LogP contribution in [0.5, 0.6) is 5.75 Å². The Balaban J connectivity index is 2.70. The summed E-state index contributed by atoms with van der Waals surface area (Å²) in [6, 6.07) is 3.83. The van der Waals surface area contributed by atoms with Crippen LogP contribution in [-0.2, 0) is 9.53 Å². The van der Waals surface area contributed by atoms with Crippen molar-refractivity contribution < 1.29 is 32.2 Å². The second-order valence-corrected chi connectivity index (χ2v) is 5.31. The summed E-state index contributed by atoms with van der Waals surface area (Å²) in [7, 11) is 1.26. The number of ether oxygens (including phenoxy) is 2. The molecule has 1 aromatic carbocycles. The van der Waals surface area contributed by atoms with Gasteiger partial charge in [0.2, 0.25) is 0 Å². The van der Waals surface area contributed by atoms with E-state index in [1.54, 1.807) is 0 Å². The van der Waals surface area contributed by atoms with Gasteiger partial charge in [-0.2, -0.15) is 0 Å². The number of alkyl halides is 3. The Bertz CT molecular complexity index is 543. The average Bonchev–Trinajstić information content (AvgIpc) is 2.41. The van der Waals surface area contributed by atoms with Crippen molar-refractivity contribution in [3.63, 3.8) is 0 Å². The van der Waals surface area contributed by atoms with Crippen molar-refractivity contribution in [3.8, 4) is 5.75 Å². The van der Waals surface area contributed by atoms with Crippen LogP contribution in [0.25, 0.3) is 0 Å². The molecule has 1 aromatic rings. The third-order valence-electron chi connectivity index (χ3n) is 2.73. The normalized spacial score (nSPS) is 11.1. The van der Waals surface area contributed by atoms with E-state index in [0.29, 0.717) is 17.3 Å². The van der Waals surface area contributed by atoms with Gasteiger partial charge in [0.25, 0.3) is 0 Å². The Morgan fingerprint density at radius 1 is 1.18 bits per heavy atom. The summed E-state index contributed by atoms with van der Waals surface area (Å²) in [5, 5.41) is 0. The summed E-state index contributed by atoms with van der Waals surface area (Å²) in [4.78, 5) is 22.9. The molecule has 0 unspecified atom stereocenters. The lowest BCUT2D eigenvalue weighted by Gasteiger charge is -2.13. The number of Topliss-reactive ketones (excluding diaryl/α,β-unsaturated/α-hetero) is 1. The Morgan fingerprint density at radius 3 is 2.41 bits per heavy atom. The fraction of sp³-hybridized carbons (Fsp3) is 0.429. The van der Waals surface area contributed by atoms with Crippen molar-refractivity contribution >= 4 is 27.7 Å². The van der Waals surface area contributed by atoms with Crippen molar-refractivity contribution in [1.82, 2.24) is 0 Å². The summed E-state index contributed by atoms with van der Waals surface area (Å²) >= 11 is 3.03. The third-order valence-corrected chi connectivity index (χ3v) is 3.23. The first-order chi connectivity index (χ1) is 10.2. The maximum absolute atomic E-state index is 12.4. The molecular formula is C14H14BrF3O4. The number of hydrogen-bond donors (Lipinski definition) is 0.